The van der Waals surface area contributed by atoms with Gasteiger partial charge in [-0.3, -0.25) is 0 Å². The summed E-state index contributed by atoms with van der Waals surface area (Å²) in [6, 6.07) is 5.91. The molecular weight excluding hydrogens is 391 g/mol. The number of benzene rings is 1. The maximum Gasteiger partial charge on any atom is 0.338 e. The number of nitrogens with one attached hydrogen (secondary N) is 2. The van der Waals surface area contributed by atoms with Gasteiger partial charge in [0, 0.05) is 11.3 Å². The molecule has 1 aromatic rings. The molecule has 1 aliphatic rings. The molecule has 25 heavy (non-hydrogen) atoms. The third-order valence-corrected chi connectivity index (χ3v) is 3.71. The average Bonchev–Trinajstić information content (AvgIpc) is 2.52. The molecule has 0 aromatic heterocycles. The fraction of sp³-hybridized carbons (Fsp3) is 0.375. The lowest BCUT2D eigenvalue weighted by Crippen LogP contribution is -2.45. The lowest BCUT2D eigenvalue weighted by atomic mass is 9.95. The number of urea groups is 1. The Morgan fingerprint density at radius 1 is 1.28 bits per heavy atom. The zero-order valence-electron chi connectivity index (χ0n) is 13.6. The van der Waals surface area contributed by atoms with Crippen molar-refractivity contribution in [3.63, 3.8) is 0 Å². The highest BCUT2D eigenvalue weighted by atomic mass is 35.6. The van der Waals surface area contributed by atoms with E-state index in [1.54, 1.807) is 31.2 Å². The summed E-state index contributed by atoms with van der Waals surface area (Å²) in [4.78, 5) is 24.4. The zero-order chi connectivity index (χ0) is 18.6. The van der Waals surface area contributed by atoms with Crippen molar-refractivity contribution >= 4 is 46.8 Å². The molecule has 1 aromatic carbocycles. The van der Waals surface area contributed by atoms with Gasteiger partial charge in [-0.05, 0) is 19.9 Å². The van der Waals surface area contributed by atoms with Crippen LogP contribution in [0.4, 0.5) is 4.79 Å². The van der Waals surface area contributed by atoms with Gasteiger partial charge in [0.05, 0.1) is 18.2 Å². The predicted molar refractivity (Wildman–Crippen MR) is 96.0 cm³/mol. The second kappa shape index (κ2) is 8.17. The number of hydrogen-bond acceptors (Lipinski definition) is 4. The molecule has 0 radical (unpaired) electrons. The molecule has 0 spiro atoms. The topological polar surface area (TPSA) is 76.7 Å². The van der Waals surface area contributed by atoms with E-state index in [4.69, 9.17) is 44.3 Å². The van der Waals surface area contributed by atoms with E-state index in [2.05, 4.69) is 10.6 Å². The van der Waals surface area contributed by atoms with Gasteiger partial charge in [0.1, 0.15) is 12.4 Å². The van der Waals surface area contributed by atoms with Crippen LogP contribution >= 0.6 is 34.8 Å². The lowest BCUT2D eigenvalue weighted by molar-refractivity contribution is -0.139. The number of carbonyl (C=O) groups is 2. The molecule has 2 rings (SSSR count). The van der Waals surface area contributed by atoms with Crippen LogP contribution in [-0.2, 0) is 9.53 Å². The Balaban J connectivity index is 2.39. The number of ether oxygens (including phenoxy) is 2. The normalized spacial score (nSPS) is 17.6. The zero-order valence-corrected chi connectivity index (χ0v) is 15.8. The summed E-state index contributed by atoms with van der Waals surface area (Å²) < 4.78 is 8.94. The van der Waals surface area contributed by atoms with Crippen LogP contribution in [0.5, 0.6) is 5.75 Å². The lowest BCUT2D eigenvalue weighted by Gasteiger charge is -2.29. The highest BCUT2D eigenvalue weighted by Gasteiger charge is 2.35. The van der Waals surface area contributed by atoms with E-state index in [9.17, 15) is 9.59 Å². The standard InChI is InChI=1S/C16H17Cl3N2O4/c1-3-24-11-7-5-4-6-10(11)13-12(9(2)20-15(23)21-13)14(22)25-8-16(17,18)19/h4-7,13H,3,8H2,1-2H3,(H2,20,21,23). The molecule has 0 fully saturated rings. The largest absolute Gasteiger partial charge is 0.494 e. The number of rotatable bonds is 5. The fourth-order valence-corrected chi connectivity index (χ4v) is 2.59. The molecule has 1 heterocycles. The Labute approximate surface area is 160 Å². The van der Waals surface area contributed by atoms with Crippen LogP contribution in [0, 0.1) is 0 Å². The first-order valence-electron chi connectivity index (χ1n) is 7.46. The van der Waals surface area contributed by atoms with Crippen LogP contribution in [0.2, 0.25) is 0 Å². The number of amides is 2. The van der Waals surface area contributed by atoms with Gasteiger partial charge >= 0.3 is 12.0 Å². The summed E-state index contributed by atoms with van der Waals surface area (Å²) >= 11 is 16.9. The van der Waals surface area contributed by atoms with E-state index in [0.29, 0.717) is 23.6 Å². The van der Waals surface area contributed by atoms with Crippen molar-refractivity contribution in [2.45, 2.75) is 23.7 Å². The third kappa shape index (κ3) is 5.17. The van der Waals surface area contributed by atoms with Crippen LogP contribution in [0.25, 0.3) is 0 Å². The molecule has 2 amide bonds. The monoisotopic (exact) mass is 406 g/mol. The van der Waals surface area contributed by atoms with Crippen LogP contribution in [0.15, 0.2) is 35.5 Å². The SMILES string of the molecule is CCOc1ccccc1C1NC(=O)NC(C)=C1C(=O)OCC(Cl)(Cl)Cl. The second-order valence-electron chi connectivity index (χ2n) is 5.23. The maximum absolute atomic E-state index is 12.5. The number of halogens is 3. The minimum Gasteiger partial charge on any atom is -0.494 e. The summed E-state index contributed by atoms with van der Waals surface area (Å²) in [5.41, 5.74) is 1.19. The molecule has 9 heteroatoms. The number of carbonyl (C=O) groups excluding carboxylic acids is 2. The van der Waals surface area contributed by atoms with E-state index in [0.717, 1.165) is 0 Å². The molecule has 1 atom stereocenters. The fourth-order valence-electron chi connectivity index (χ4n) is 2.43. The summed E-state index contributed by atoms with van der Waals surface area (Å²) in [7, 11) is 0. The molecule has 2 N–H and O–H groups in total. The molecular formula is C16H17Cl3N2O4. The van der Waals surface area contributed by atoms with Gasteiger partial charge in [0.15, 0.2) is 0 Å². The molecule has 1 unspecified atom stereocenters. The van der Waals surface area contributed by atoms with Gasteiger partial charge in [0.25, 0.3) is 0 Å². The van der Waals surface area contributed by atoms with Gasteiger partial charge in [-0.15, -0.1) is 0 Å². The average molecular weight is 408 g/mol. The highest BCUT2D eigenvalue weighted by molar-refractivity contribution is 6.67. The summed E-state index contributed by atoms with van der Waals surface area (Å²) in [6.45, 7) is 3.46. The van der Waals surface area contributed by atoms with Gasteiger partial charge in [-0.2, -0.15) is 0 Å². The first-order chi connectivity index (χ1) is 11.7. The molecule has 1 aliphatic heterocycles. The van der Waals surface area contributed by atoms with Crippen LogP contribution in [0.1, 0.15) is 25.5 Å². The van der Waals surface area contributed by atoms with Crippen molar-refractivity contribution in [2.75, 3.05) is 13.2 Å². The predicted octanol–water partition coefficient (Wildman–Crippen LogP) is 3.63. The Bertz CT molecular complexity index is 701. The van der Waals surface area contributed by atoms with Crippen LogP contribution < -0.4 is 15.4 Å². The highest BCUT2D eigenvalue weighted by Crippen LogP contribution is 2.34. The van der Waals surface area contributed by atoms with E-state index in [1.807, 2.05) is 6.92 Å². The summed E-state index contributed by atoms with van der Waals surface area (Å²) in [6.07, 6.45) is 0. The number of hydrogen-bond donors (Lipinski definition) is 2. The molecule has 136 valence electrons. The van der Waals surface area contributed by atoms with Crippen LogP contribution in [0.3, 0.4) is 0 Å². The van der Waals surface area contributed by atoms with Crippen molar-refractivity contribution in [1.82, 2.24) is 10.6 Å². The molecule has 0 saturated heterocycles. The van der Waals surface area contributed by atoms with E-state index in [1.165, 1.54) is 0 Å². The molecule has 0 aliphatic carbocycles. The molecule has 0 bridgehead atoms. The van der Waals surface area contributed by atoms with E-state index < -0.39 is 28.4 Å². The number of para-hydroxylation sites is 1. The Morgan fingerprint density at radius 2 is 1.96 bits per heavy atom. The first-order valence-corrected chi connectivity index (χ1v) is 8.60. The number of allylic oxidation sites excluding steroid dienone is 1. The second-order valence-corrected chi connectivity index (χ2v) is 7.75. The Kier molecular flexibility index (Phi) is 6.43. The minimum absolute atomic E-state index is 0.209. The molecule has 6 nitrogen and oxygen atoms in total. The maximum atomic E-state index is 12.5. The van der Waals surface area contributed by atoms with Crippen molar-refractivity contribution in [3.8, 4) is 5.75 Å². The van der Waals surface area contributed by atoms with Gasteiger partial charge in [-0.1, -0.05) is 53.0 Å². The van der Waals surface area contributed by atoms with Crippen LogP contribution in [-0.4, -0.2) is 29.0 Å². The van der Waals surface area contributed by atoms with E-state index in [-0.39, 0.29) is 5.57 Å². The Morgan fingerprint density at radius 3 is 2.60 bits per heavy atom. The van der Waals surface area contributed by atoms with Gasteiger partial charge in [-0.25, -0.2) is 9.59 Å². The third-order valence-electron chi connectivity index (χ3n) is 3.39. The minimum atomic E-state index is -1.73. The quantitative estimate of drug-likeness (QED) is 0.577. The Hall–Kier alpha value is -1.63. The van der Waals surface area contributed by atoms with Crippen molar-refractivity contribution in [2.24, 2.45) is 0 Å². The number of alkyl halides is 3. The molecule has 0 saturated carbocycles. The summed E-state index contributed by atoms with van der Waals surface area (Å²) in [5, 5.41) is 5.25. The first kappa shape index (κ1) is 19.7. The van der Waals surface area contributed by atoms with E-state index >= 15 is 0 Å². The summed E-state index contributed by atoms with van der Waals surface area (Å²) in [5.74, 6) is -0.149. The van der Waals surface area contributed by atoms with Crippen molar-refractivity contribution in [3.05, 3.63) is 41.1 Å². The van der Waals surface area contributed by atoms with Gasteiger partial charge in [0.2, 0.25) is 3.79 Å². The van der Waals surface area contributed by atoms with Crippen molar-refractivity contribution in [1.29, 1.82) is 0 Å². The number of esters is 1. The van der Waals surface area contributed by atoms with Gasteiger partial charge < -0.3 is 20.1 Å². The smallest absolute Gasteiger partial charge is 0.338 e. The van der Waals surface area contributed by atoms with Crippen molar-refractivity contribution < 1.29 is 19.1 Å².